The summed E-state index contributed by atoms with van der Waals surface area (Å²) in [5.41, 5.74) is 3.35. The van der Waals surface area contributed by atoms with Crippen LogP contribution in [0.25, 0.3) is 11.0 Å². The smallest absolute Gasteiger partial charge is 0.306 e. The van der Waals surface area contributed by atoms with Crippen LogP contribution in [0, 0.1) is 6.92 Å². The third kappa shape index (κ3) is 2.96. The molecule has 0 unspecified atom stereocenters. The van der Waals surface area contributed by atoms with Crippen molar-refractivity contribution in [1.82, 2.24) is 19.7 Å². The molecule has 0 radical (unpaired) electrons. The van der Waals surface area contributed by atoms with Crippen LogP contribution in [0.1, 0.15) is 10.6 Å². The van der Waals surface area contributed by atoms with Crippen molar-refractivity contribution in [2.75, 3.05) is 6.54 Å². The second-order valence-corrected chi connectivity index (χ2v) is 7.50. The summed E-state index contributed by atoms with van der Waals surface area (Å²) >= 11 is 1.51. The summed E-state index contributed by atoms with van der Waals surface area (Å²) in [6.07, 6.45) is 0.596. The van der Waals surface area contributed by atoms with Crippen LogP contribution in [-0.2, 0) is 16.4 Å². The Hall–Kier alpha value is -1.97. The monoisotopic (exact) mass is 338 g/mol. The van der Waals surface area contributed by atoms with E-state index in [9.17, 15) is 13.2 Å². The van der Waals surface area contributed by atoms with E-state index in [1.165, 1.54) is 23.5 Å². The Kier molecular flexibility index (Phi) is 3.85. The fourth-order valence-electron chi connectivity index (χ4n) is 2.13. The number of nitrogens with one attached hydrogen (secondary N) is 3. The molecule has 0 spiro atoms. The molecule has 22 heavy (non-hydrogen) atoms. The van der Waals surface area contributed by atoms with Crippen LogP contribution in [-0.4, -0.2) is 29.9 Å². The predicted molar refractivity (Wildman–Crippen MR) is 84.7 cm³/mol. The van der Waals surface area contributed by atoms with Gasteiger partial charge in [-0.1, -0.05) is 0 Å². The molecule has 0 aliphatic carbocycles. The number of imidazole rings is 1. The van der Waals surface area contributed by atoms with E-state index < -0.39 is 10.0 Å². The number of H-pyrrole nitrogens is 2. The Morgan fingerprint density at radius 3 is 2.77 bits per heavy atom. The molecule has 0 atom stereocenters. The summed E-state index contributed by atoms with van der Waals surface area (Å²) in [4.78, 5) is 21.6. The maximum atomic E-state index is 12.3. The van der Waals surface area contributed by atoms with Gasteiger partial charge in [-0.3, -0.25) is 0 Å². The second kappa shape index (κ2) is 5.67. The maximum absolute atomic E-state index is 12.3. The molecule has 0 aliphatic heterocycles. The third-order valence-corrected chi connectivity index (χ3v) is 5.74. The standard InChI is InChI=1S/C13H14N4O3S2/c1-8-12(21-7-14-8)4-5-15-22(19,20)9-2-3-10-11(6-9)17-13(18)16-10/h2-3,6-7,15H,4-5H2,1H3,(H2,16,17,18). The number of aryl methyl sites for hydroxylation is 1. The molecule has 0 fully saturated rings. The lowest BCUT2D eigenvalue weighted by atomic mass is 10.3. The number of aromatic amines is 2. The van der Waals surface area contributed by atoms with E-state index in [2.05, 4.69) is 19.7 Å². The summed E-state index contributed by atoms with van der Waals surface area (Å²) in [5, 5.41) is 0. The first-order valence-electron chi connectivity index (χ1n) is 6.56. The van der Waals surface area contributed by atoms with Gasteiger partial charge in [0.1, 0.15) is 0 Å². The maximum Gasteiger partial charge on any atom is 0.323 e. The van der Waals surface area contributed by atoms with Crippen LogP contribution in [0.15, 0.2) is 33.4 Å². The molecule has 0 amide bonds. The quantitative estimate of drug-likeness (QED) is 0.648. The topological polar surface area (TPSA) is 108 Å². The van der Waals surface area contributed by atoms with Gasteiger partial charge >= 0.3 is 5.69 Å². The molecule has 2 heterocycles. The highest BCUT2D eigenvalue weighted by molar-refractivity contribution is 7.89. The van der Waals surface area contributed by atoms with Crippen LogP contribution < -0.4 is 10.4 Å². The lowest BCUT2D eigenvalue weighted by Crippen LogP contribution is -2.25. The number of hydrogen-bond acceptors (Lipinski definition) is 5. The van der Waals surface area contributed by atoms with Crippen molar-refractivity contribution in [3.8, 4) is 0 Å². The van der Waals surface area contributed by atoms with Crippen molar-refractivity contribution >= 4 is 32.4 Å². The van der Waals surface area contributed by atoms with Gasteiger partial charge in [-0.2, -0.15) is 0 Å². The molecule has 3 N–H and O–H groups in total. The number of benzene rings is 1. The first-order chi connectivity index (χ1) is 10.5. The molecular formula is C13H14N4O3S2. The second-order valence-electron chi connectivity index (χ2n) is 4.80. The van der Waals surface area contributed by atoms with E-state index in [0.29, 0.717) is 24.0 Å². The zero-order valence-corrected chi connectivity index (χ0v) is 13.3. The van der Waals surface area contributed by atoms with E-state index in [0.717, 1.165) is 10.6 Å². The summed E-state index contributed by atoms with van der Waals surface area (Å²) in [6.45, 7) is 2.20. The molecular weight excluding hydrogens is 324 g/mol. The van der Waals surface area contributed by atoms with Crippen LogP contribution >= 0.6 is 11.3 Å². The largest absolute Gasteiger partial charge is 0.323 e. The number of sulfonamides is 1. The predicted octanol–water partition coefficient (Wildman–Crippen LogP) is 1.14. The Balaban J connectivity index is 1.76. The number of aromatic nitrogens is 3. The average Bonchev–Trinajstić information content (AvgIpc) is 3.02. The molecule has 116 valence electrons. The molecule has 3 rings (SSSR count). The molecule has 0 aliphatic rings. The van der Waals surface area contributed by atoms with Gasteiger partial charge in [0.2, 0.25) is 10.0 Å². The van der Waals surface area contributed by atoms with Gasteiger partial charge in [0.05, 0.1) is 27.1 Å². The first kappa shape index (κ1) is 14.9. The molecule has 1 aromatic carbocycles. The van der Waals surface area contributed by atoms with E-state index in [1.807, 2.05) is 6.92 Å². The zero-order valence-electron chi connectivity index (χ0n) is 11.7. The number of fused-ring (bicyclic) bond motifs is 1. The van der Waals surface area contributed by atoms with Crippen LogP contribution in [0.4, 0.5) is 0 Å². The van der Waals surface area contributed by atoms with Gasteiger partial charge < -0.3 is 9.97 Å². The highest BCUT2D eigenvalue weighted by Gasteiger charge is 2.15. The Morgan fingerprint density at radius 1 is 1.27 bits per heavy atom. The lowest BCUT2D eigenvalue weighted by molar-refractivity contribution is 0.582. The van der Waals surface area contributed by atoms with Gasteiger partial charge in [0.25, 0.3) is 0 Å². The highest BCUT2D eigenvalue weighted by atomic mass is 32.2. The number of thiazole rings is 1. The van der Waals surface area contributed by atoms with Crippen LogP contribution in [0.3, 0.4) is 0 Å². The van der Waals surface area contributed by atoms with Crippen molar-refractivity contribution in [2.45, 2.75) is 18.2 Å². The first-order valence-corrected chi connectivity index (χ1v) is 8.93. The van der Waals surface area contributed by atoms with Gasteiger partial charge in [-0.15, -0.1) is 11.3 Å². The van der Waals surface area contributed by atoms with Gasteiger partial charge in [0, 0.05) is 11.4 Å². The average molecular weight is 338 g/mol. The minimum absolute atomic E-state index is 0.122. The van der Waals surface area contributed by atoms with Crippen LogP contribution in [0.2, 0.25) is 0 Å². The molecule has 7 nitrogen and oxygen atoms in total. The van der Waals surface area contributed by atoms with E-state index in [4.69, 9.17) is 0 Å². The zero-order chi connectivity index (χ0) is 15.7. The summed E-state index contributed by atoms with van der Waals surface area (Å²) < 4.78 is 27.1. The normalized spacial score (nSPS) is 12.0. The van der Waals surface area contributed by atoms with Crippen molar-refractivity contribution in [2.24, 2.45) is 0 Å². The van der Waals surface area contributed by atoms with Crippen LogP contribution in [0.5, 0.6) is 0 Å². The minimum Gasteiger partial charge on any atom is -0.306 e. The van der Waals surface area contributed by atoms with Gasteiger partial charge in [-0.25, -0.2) is 22.9 Å². The number of rotatable bonds is 5. The minimum atomic E-state index is -3.61. The molecule has 0 saturated carbocycles. The van der Waals surface area contributed by atoms with Crippen molar-refractivity contribution in [3.63, 3.8) is 0 Å². The highest BCUT2D eigenvalue weighted by Crippen LogP contribution is 2.16. The summed E-state index contributed by atoms with van der Waals surface area (Å²) in [6, 6.07) is 4.47. The molecule has 9 heteroatoms. The fraction of sp³-hybridized carbons (Fsp3) is 0.231. The Morgan fingerprint density at radius 2 is 2.05 bits per heavy atom. The Bertz CT molecular complexity index is 969. The molecule has 0 saturated heterocycles. The Labute approximate surface area is 130 Å². The third-order valence-electron chi connectivity index (χ3n) is 3.29. The summed E-state index contributed by atoms with van der Waals surface area (Å²) in [7, 11) is -3.61. The summed E-state index contributed by atoms with van der Waals surface area (Å²) in [5.74, 6) is 0. The fourth-order valence-corrected chi connectivity index (χ4v) is 3.97. The van der Waals surface area contributed by atoms with Gasteiger partial charge in [-0.05, 0) is 31.5 Å². The molecule has 3 aromatic rings. The SMILES string of the molecule is Cc1ncsc1CCNS(=O)(=O)c1ccc2[nH]c(=O)[nH]c2c1. The molecule has 2 aromatic heterocycles. The van der Waals surface area contributed by atoms with E-state index in [-0.39, 0.29) is 10.6 Å². The van der Waals surface area contributed by atoms with E-state index >= 15 is 0 Å². The molecule has 0 bridgehead atoms. The van der Waals surface area contributed by atoms with Crippen molar-refractivity contribution in [1.29, 1.82) is 0 Å². The van der Waals surface area contributed by atoms with Crippen molar-refractivity contribution < 1.29 is 8.42 Å². The number of nitrogens with zero attached hydrogens (tertiary/aromatic N) is 1. The number of hydrogen-bond donors (Lipinski definition) is 3. The van der Waals surface area contributed by atoms with E-state index in [1.54, 1.807) is 11.6 Å². The van der Waals surface area contributed by atoms with Crippen molar-refractivity contribution in [3.05, 3.63) is 44.8 Å². The lowest BCUT2D eigenvalue weighted by Gasteiger charge is -2.06. The van der Waals surface area contributed by atoms with Gasteiger partial charge in [0.15, 0.2) is 0 Å².